The molecule has 0 bridgehead atoms. The lowest BCUT2D eigenvalue weighted by molar-refractivity contribution is -0.137. The van der Waals surface area contributed by atoms with Crippen LogP contribution in [0.15, 0.2) is 46.9 Å². The van der Waals surface area contributed by atoms with Gasteiger partial charge in [0.2, 0.25) is 5.76 Å². The van der Waals surface area contributed by atoms with Gasteiger partial charge in [0.25, 0.3) is 5.91 Å². The van der Waals surface area contributed by atoms with E-state index in [4.69, 9.17) is 23.4 Å². The number of anilines is 1. The van der Waals surface area contributed by atoms with Crippen molar-refractivity contribution in [3.05, 3.63) is 59.4 Å². The molecular formula is C24H24F3NO7. The number of halogens is 3. The van der Waals surface area contributed by atoms with E-state index in [0.717, 1.165) is 18.2 Å². The maximum atomic E-state index is 13.1. The molecule has 0 aliphatic heterocycles. The molecule has 8 nitrogen and oxygen atoms in total. The van der Waals surface area contributed by atoms with Gasteiger partial charge in [-0.2, -0.15) is 13.2 Å². The minimum Gasteiger partial charge on any atom is -0.489 e. The van der Waals surface area contributed by atoms with Gasteiger partial charge in [-0.05, 0) is 31.2 Å². The van der Waals surface area contributed by atoms with Gasteiger partial charge in [0.1, 0.15) is 17.9 Å². The van der Waals surface area contributed by atoms with Crippen molar-refractivity contribution in [2.45, 2.75) is 19.7 Å². The highest BCUT2D eigenvalue weighted by Gasteiger charge is 2.31. The number of amides is 1. The molecule has 1 N–H and O–H groups in total. The van der Waals surface area contributed by atoms with Crippen molar-refractivity contribution in [3.8, 4) is 5.75 Å². The number of carbonyl (C=O) groups is 2. The standard InChI is InChI=1S/C24H24F3NO7/c1-3-32-13-17-16-6-4-5-7-19(16)35-22(17)23(30)34-14-21(29)28-18-12-15(24(25,26)27)8-9-20(18)33-11-10-31-2/h4-9,12H,3,10-11,13-14H2,1-2H3,(H,28,29). The Balaban J connectivity index is 1.73. The number of hydrogen-bond acceptors (Lipinski definition) is 7. The molecule has 0 unspecified atom stereocenters. The van der Waals surface area contributed by atoms with E-state index in [-0.39, 0.29) is 37.0 Å². The van der Waals surface area contributed by atoms with Gasteiger partial charge in [0.05, 0.1) is 24.5 Å². The highest BCUT2D eigenvalue weighted by molar-refractivity contribution is 5.98. The van der Waals surface area contributed by atoms with E-state index in [0.29, 0.717) is 23.1 Å². The highest BCUT2D eigenvalue weighted by atomic mass is 19.4. The monoisotopic (exact) mass is 495 g/mol. The van der Waals surface area contributed by atoms with Crippen LogP contribution in [0, 0.1) is 0 Å². The molecule has 3 rings (SSSR count). The molecule has 0 spiro atoms. The van der Waals surface area contributed by atoms with Crippen molar-refractivity contribution in [3.63, 3.8) is 0 Å². The first kappa shape index (κ1) is 26.0. The van der Waals surface area contributed by atoms with Crippen LogP contribution in [0.2, 0.25) is 0 Å². The van der Waals surface area contributed by atoms with Gasteiger partial charge >= 0.3 is 12.1 Å². The summed E-state index contributed by atoms with van der Waals surface area (Å²) in [6.45, 7) is 1.77. The average molecular weight is 495 g/mol. The van der Waals surface area contributed by atoms with Gasteiger partial charge in [-0.3, -0.25) is 4.79 Å². The molecule has 1 amide bonds. The predicted octanol–water partition coefficient (Wildman–Crippen LogP) is 4.81. The Labute approximate surface area is 198 Å². The van der Waals surface area contributed by atoms with E-state index in [2.05, 4.69) is 5.32 Å². The summed E-state index contributed by atoms with van der Waals surface area (Å²) in [6, 6.07) is 9.61. The number of para-hydroxylation sites is 1. The lowest BCUT2D eigenvalue weighted by atomic mass is 10.1. The highest BCUT2D eigenvalue weighted by Crippen LogP contribution is 2.35. The number of nitrogens with one attached hydrogen (secondary N) is 1. The van der Waals surface area contributed by atoms with Crippen molar-refractivity contribution in [2.24, 2.45) is 0 Å². The fraction of sp³-hybridized carbons (Fsp3) is 0.333. The fourth-order valence-electron chi connectivity index (χ4n) is 3.16. The summed E-state index contributed by atoms with van der Waals surface area (Å²) in [7, 11) is 1.44. The number of fused-ring (bicyclic) bond motifs is 1. The second-order valence-corrected chi connectivity index (χ2v) is 7.22. The van der Waals surface area contributed by atoms with Gasteiger partial charge in [-0.1, -0.05) is 18.2 Å². The Kier molecular flexibility index (Phi) is 8.72. The van der Waals surface area contributed by atoms with Crippen LogP contribution in [0.25, 0.3) is 11.0 Å². The zero-order valence-electron chi connectivity index (χ0n) is 19.1. The maximum Gasteiger partial charge on any atom is 0.416 e. The SMILES string of the molecule is CCOCc1c(C(=O)OCC(=O)Nc2cc(C(F)(F)F)ccc2OCCOC)oc2ccccc12. The molecular weight excluding hydrogens is 471 g/mol. The zero-order chi connectivity index (χ0) is 25.4. The van der Waals surface area contributed by atoms with Crippen LogP contribution in [0.4, 0.5) is 18.9 Å². The van der Waals surface area contributed by atoms with Gasteiger partial charge in [0, 0.05) is 24.7 Å². The Morgan fingerprint density at radius 3 is 2.57 bits per heavy atom. The molecule has 0 aliphatic rings. The van der Waals surface area contributed by atoms with E-state index >= 15 is 0 Å². The van der Waals surface area contributed by atoms with Crippen LogP contribution in [0.3, 0.4) is 0 Å². The first-order valence-electron chi connectivity index (χ1n) is 10.6. The fourth-order valence-corrected chi connectivity index (χ4v) is 3.16. The number of esters is 1. The second-order valence-electron chi connectivity index (χ2n) is 7.22. The summed E-state index contributed by atoms with van der Waals surface area (Å²) in [5.74, 6) is -1.88. The topological polar surface area (TPSA) is 96.2 Å². The summed E-state index contributed by atoms with van der Waals surface area (Å²) in [6.07, 6.45) is -4.63. The molecule has 11 heteroatoms. The molecule has 188 valence electrons. The lowest BCUT2D eigenvalue weighted by Crippen LogP contribution is -2.22. The van der Waals surface area contributed by atoms with Crippen molar-refractivity contribution < 1.29 is 46.1 Å². The van der Waals surface area contributed by atoms with Gasteiger partial charge in [-0.15, -0.1) is 0 Å². The lowest BCUT2D eigenvalue weighted by Gasteiger charge is -2.15. The van der Waals surface area contributed by atoms with E-state index in [1.165, 1.54) is 7.11 Å². The predicted molar refractivity (Wildman–Crippen MR) is 119 cm³/mol. The Morgan fingerprint density at radius 2 is 1.86 bits per heavy atom. The smallest absolute Gasteiger partial charge is 0.416 e. The summed E-state index contributed by atoms with van der Waals surface area (Å²) in [5.41, 5.74) is -0.288. The molecule has 0 saturated heterocycles. The van der Waals surface area contributed by atoms with Gasteiger partial charge in [0.15, 0.2) is 6.61 Å². The number of rotatable bonds is 11. The van der Waals surface area contributed by atoms with Crippen LogP contribution in [-0.4, -0.2) is 45.4 Å². The molecule has 0 saturated carbocycles. The van der Waals surface area contributed by atoms with Crippen molar-refractivity contribution in [1.29, 1.82) is 0 Å². The van der Waals surface area contributed by atoms with Crippen LogP contribution in [0.5, 0.6) is 5.75 Å². The number of methoxy groups -OCH3 is 1. The maximum absolute atomic E-state index is 13.1. The van der Waals surface area contributed by atoms with E-state index < -0.39 is 30.2 Å². The Bertz CT molecular complexity index is 1170. The molecule has 2 aromatic carbocycles. The summed E-state index contributed by atoms with van der Waals surface area (Å²) < 4.78 is 65.7. The minimum atomic E-state index is -4.63. The third-order valence-electron chi connectivity index (χ3n) is 4.79. The van der Waals surface area contributed by atoms with Crippen LogP contribution in [-0.2, 0) is 31.8 Å². The van der Waals surface area contributed by atoms with Gasteiger partial charge in [-0.25, -0.2) is 4.79 Å². The molecule has 1 heterocycles. The van der Waals surface area contributed by atoms with Crippen molar-refractivity contribution in [1.82, 2.24) is 0 Å². The van der Waals surface area contributed by atoms with Crippen LogP contribution < -0.4 is 10.1 Å². The molecule has 3 aromatic rings. The van der Waals surface area contributed by atoms with E-state index in [9.17, 15) is 22.8 Å². The normalized spacial score (nSPS) is 11.5. The number of hydrogen-bond donors (Lipinski definition) is 1. The summed E-state index contributed by atoms with van der Waals surface area (Å²) in [4.78, 5) is 25.1. The quantitative estimate of drug-likeness (QED) is 0.301. The van der Waals surface area contributed by atoms with Crippen LogP contribution >= 0.6 is 0 Å². The van der Waals surface area contributed by atoms with E-state index in [1.54, 1.807) is 31.2 Å². The number of benzene rings is 2. The van der Waals surface area contributed by atoms with Crippen LogP contribution in [0.1, 0.15) is 28.6 Å². The minimum absolute atomic E-state index is 0.00557. The summed E-state index contributed by atoms with van der Waals surface area (Å²) in [5, 5.41) is 2.96. The number of carbonyl (C=O) groups excluding carboxylic acids is 2. The van der Waals surface area contributed by atoms with Gasteiger partial charge < -0.3 is 28.7 Å². The van der Waals surface area contributed by atoms with Crippen molar-refractivity contribution in [2.75, 3.05) is 38.9 Å². The average Bonchev–Trinajstić information content (AvgIpc) is 3.20. The Morgan fingerprint density at radius 1 is 1.09 bits per heavy atom. The second kappa shape index (κ2) is 11.7. The number of alkyl halides is 3. The largest absolute Gasteiger partial charge is 0.489 e. The Hall–Kier alpha value is -3.57. The molecule has 0 atom stereocenters. The zero-order valence-corrected chi connectivity index (χ0v) is 19.1. The molecule has 0 aliphatic carbocycles. The first-order valence-corrected chi connectivity index (χ1v) is 10.6. The third kappa shape index (κ3) is 6.74. The molecule has 35 heavy (non-hydrogen) atoms. The first-order chi connectivity index (χ1) is 16.7. The number of ether oxygens (including phenoxy) is 4. The molecule has 1 aromatic heterocycles. The number of furan rings is 1. The summed E-state index contributed by atoms with van der Waals surface area (Å²) >= 11 is 0. The molecule has 0 radical (unpaired) electrons. The van der Waals surface area contributed by atoms with E-state index in [1.807, 2.05) is 0 Å². The van der Waals surface area contributed by atoms with Crippen molar-refractivity contribution >= 4 is 28.5 Å². The third-order valence-corrected chi connectivity index (χ3v) is 4.79. The molecule has 0 fully saturated rings.